The average molecular weight is 788 g/mol. The first-order chi connectivity index (χ1) is 30.3. The van der Waals surface area contributed by atoms with Crippen molar-refractivity contribution in [1.82, 2.24) is 4.57 Å². The van der Waals surface area contributed by atoms with E-state index >= 15 is 0 Å². The van der Waals surface area contributed by atoms with E-state index in [0.717, 1.165) is 98.1 Å². The fourth-order valence-electron chi connectivity index (χ4n) is 12.7. The second-order valence-corrected chi connectivity index (χ2v) is 18.0. The van der Waals surface area contributed by atoms with Gasteiger partial charge in [0.25, 0.3) is 0 Å². The lowest BCUT2D eigenvalue weighted by Crippen LogP contribution is -2.29. The second kappa shape index (κ2) is 12.7. The summed E-state index contributed by atoms with van der Waals surface area (Å²) in [6.07, 6.45) is 29.4. The van der Waals surface area contributed by atoms with Gasteiger partial charge in [0, 0.05) is 50.3 Å². The van der Waals surface area contributed by atoms with Gasteiger partial charge in [0.2, 0.25) is 6.29 Å². The van der Waals surface area contributed by atoms with Gasteiger partial charge in [0.05, 0.1) is 11.1 Å². The summed E-state index contributed by atoms with van der Waals surface area (Å²) in [5.41, 5.74) is 27.0. The molecule has 0 saturated carbocycles. The van der Waals surface area contributed by atoms with E-state index in [-0.39, 0.29) is 11.7 Å². The van der Waals surface area contributed by atoms with Crippen molar-refractivity contribution in [2.75, 3.05) is 5.32 Å². The Morgan fingerprint density at radius 3 is 2.16 bits per heavy atom. The lowest BCUT2D eigenvalue weighted by molar-refractivity contribution is 0.536. The highest BCUT2D eigenvalue weighted by atomic mass is 16.3. The Morgan fingerprint density at radius 2 is 1.26 bits per heavy atom. The van der Waals surface area contributed by atoms with Crippen LogP contribution in [-0.2, 0) is 24.7 Å². The highest BCUT2D eigenvalue weighted by Gasteiger charge is 2.53. The van der Waals surface area contributed by atoms with E-state index in [0.29, 0.717) is 0 Å². The zero-order valence-corrected chi connectivity index (χ0v) is 34.2. The lowest BCUT2D eigenvalue weighted by Gasteiger charge is -2.36. The summed E-state index contributed by atoms with van der Waals surface area (Å²) in [4.78, 5) is 5.67. The molecule has 0 saturated heterocycles. The van der Waals surface area contributed by atoms with Gasteiger partial charge < -0.3 is 14.3 Å². The molecule has 7 aliphatic carbocycles. The molecule has 1 N–H and O–H groups in total. The summed E-state index contributed by atoms with van der Waals surface area (Å²) in [5, 5.41) is 5.13. The number of nitrogens with one attached hydrogen (secondary N) is 1. The van der Waals surface area contributed by atoms with Gasteiger partial charge in [0.1, 0.15) is 11.3 Å². The Morgan fingerprint density at radius 1 is 0.574 bits per heavy atom. The first kappa shape index (κ1) is 34.1. The van der Waals surface area contributed by atoms with Gasteiger partial charge in [-0.25, -0.2) is 4.99 Å². The minimum atomic E-state index is -0.264. The third kappa shape index (κ3) is 4.58. The van der Waals surface area contributed by atoms with Crippen LogP contribution >= 0.6 is 0 Å². The van der Waals surface area contributed by atoms with Crippen LogP contribution in [0.3, 0.4) is 0 Å². The number of aliphatic imine (C=N–C) groups is 1. The largest absolute Gasteiger partial charge is 0.456 e. The summed E-state index contributed by atoms with van der Waals surface area (Å²) >= 11 is 0. The topological polar surface area (TPSA) is 42.5 Å². The number of nitrogens with zero attached hydrogens (tertiary/aromatic N) is 2. The lowest BCUT2D eigenvalue weighted by atomic mass is 9.65. The van der Waals surface area contributed by atoms with Crippen molar-refractivity contribution in [3.05, 3.63) is 211 Å². The molecule has 2 aromatic heterocycles. The summed E-state index contributed by atoms with van der Waals surface area (Å²) < 4.78 is 9.22. The van der Waals surface area contributed by atoms with E-state index in [1.165, 1.54) is 78.0 Å². The molecular formula is C57H45N3O. The number of allylic oxidation sites excluding steroid dienone is 11. The first-order valence-corrected chi connectivity index (χ1v) is 22.6. The Hall–Kier alpha value is -6.65. The molecular weight excluding hydrogens is 743 g/mol. The van der Waals surface area contributed by atoms with E-state index in [1.807, 2.05) is 0 Å². The van der Waals surface area contributed by atoms with Gasteiger partial charge in [-0.15, -0.1) is 0 Å². The van der Waals surface area contributed by atoms with Crippen LogP contribution < -0.4 is 5.32 Å². The number of aromatic nitrogens is 1. The minimum Gasteiger partial charge on any atom is -0.456 e. The number of fused-ring (bicyclic) bond motifs is 15. The molecule has 294 valence electrons. The van der Waals surface area contributed by atoms with Crippen LogP contribution in [-0.4, -0.2) is 10.3 Å². The van der Waals surface area contributed by atoms with Crippen molar-refractivity contribution in [3.8, 4) is 0 Å². The molecule has 2 unspecified atom stereocenters. The maximum atomic E-state index is 6.65. The van der Waals surface area contributed by atoms with Crippen LogP contribution in [0.15, 0.2) is 153 Å². The Balaban J connectivity index is 0.901. The predicted molar refractivity (Wildman–Crippen MR) is 250 cm³/mol. The van der Waals surface area contributed by atoms with Gasteiger partial charge in [-0.05, 0) is 144 Å². The van der Waals surface area contributed by atoms with E-state index in [1.54, 1.807) is 11.1 Å². The predicted octanol–water partition coefficient (Wildman–Crippen LogP) is 13.5. The smallest absolute Gasteiger partial charge is 0.201 e. The van der Waals surface area contributed by atoms with Crippen LogP contribution in [0.5, 0.6) is 0 Å². The fourth-order valence-corrected chi connectivity index (χ4v) is 12.7. The zero-order chi connectivity index (χ0) is 39.8. The molecule has 4 aromatic carbocycles. The maximum absolute atomic E-state index is 6.65. The molecule has 0 amide bonds. The van der Waals surface area contributed by atoms with Gasteiger partial charge in [-0.1, -0.05) is 115 Å². The van der Waals surface area contributed by atoms with Crippen molar-refractivity contribution < 1.29 is 4.42 Å². The standard InChI is InChI=1S/C57H45N3O/c1-7-22-46-36(14-1)37-15-2-8-23-47(37)57(46)48-24-9-3-16-38(48)44-32-34(28-30-49(44)57)35-29-31-52-45(33-35)39-17-5-11-26-51(39)60(52)56-58-50-25-10-4-19-42(50)54(59-56)43-21-13-20-41-40-18-6-12-27-53(40)61-55(41)43/h1-5,7,9-10,12-17,19-22,24-25,27,32-33,56,58H,6,8,11,18,23,26,28-31H2. The van der Waals surface area contributed by atoms with Crippen LogP contribution in [0.25, 0.3) is 40.3 Å². The van der Waals surface area contributed by atoms with Crippen molar-refractivity contribution in [3.63, 3.8) is 0 Å². The minimum absolute atomic E-state index is 0.149. The van der Waals surface area contributed by atoms with Crippen molar-refractivity contribution in [2.45, 2.75) is 75.9 Å². The molecule has 14 rings (SSSR count). The number of benzene rings is 4. The molecule has 0 bridgehead atoms. The fraction of sp³-hybridized carbons (Fsp3) is 0.211. The number of furan rings is 1. The summed E-state index contributed by atoms with van der Waals surface area (Å²) in [6, 6.07) is 33.9. The van der Waals surface area contributed by atoms with Crippen LogP contribution in [0.4, 0.5) is 5.69 Å². The molecule has 2 atom stereocenters. The van der Waals surface area contributed by atoms with Gasteiger partial charge >= 0.3 is 0 Å². The first-order valence-electron chi connectivity index (χ1n) is 22.6. The van der Waals surface area contributed by atoms with Crippen molar-refractivity contribution in [2.24, 2.45) is 4.99 Å². The summed E-state index contributed by atoms with van der Waals surface area (Å²) in [6.45, 7) is 0. The maximum Gasteiger partial charge on any atom is 0.201 e. The monoisotopic (exact) mass is 787 g/mol. The number of hydrogen-bond donors (Lipinski definition) is 1. The quantitative estimate of drug-likeness (QED) is 0.194. The highest BCUT2D eigenvalue weighted by molar-refractivity contribution is 6.21. The zero-order valence-electron chi connectivity index (χ0n) is 34.2. The molecule has 1 spiro atoms. The Bertz CT molecular complexity index is 3230. The molecule has 0 fully saturated rings. The van der Waals surface area contributed by atoms with E-state index in [9.17, 15) is 0 Å². The Kier molecular flexibility index (Phi) is 7.09. The molecule has 4 nitrogen and oxygen atoms in total. The summed E-state index contributed by atoms with van der Waals surface area (Å²) in [5.74, 6) is 0.991. The second-order valence-electron chi connectivity index (χ2n) is 18.0. The van der Waals surface area contributed by atoms with Crippen LogP contribution in [0.2, 0.25) is 0 Å². The van der Waals surface area contributed by atoms with E-state index < -0.39 is 0 Å². The molecule has 3 heterocycles. The van der Waals surface area contributed by atoms with Gasteiger partial charge in [0.15, 0.2) is 0 Å². The number of anilines is 1. The number of hydrogen-bond acceptors (Lipinski definition) is 3. The third-order valence-electron chi connectivity index (χ3n) is 15.2. The molecule has 61 heavy (non-hydrogen) atoms. The SMILES string of the molecule is C1=CC2=C(CC1)C1(C3=C(C=C(C4=Cc5c6c(n(C7N=C(c8cccc9c%10c(oc89)C=CCC%10)c8ccccc8N7)c5CC4)CCC=C6)CC3)c3ccccc31)c1ccccc12. The number of aryl methyl sites for hydroxylation is 1. The summed E-state index contributed by atoms with van der Waals surface area (Å²) in [7, 11) is 0. The van der Waals surface area contributed by atoms with E-state index in [4.69, 9.17) is 9.41 Å². The van der Waals surface area contributed by atoms with Crippen molar-refractivity contribution >= 4 is 51.7 Å². The van der Waals surface area contributed by atoms with Crippen LogP contribution in [0.1, 0.15) is 118 Å². The molecule has 6 aromatic rings. The average Bonchev–Trinajstić information content (AvgIpc) is 4.05. The van der Waals surface area contributed by atoms with Crippen molar-refractivity contribution in [1.29, 1.82) is 0 Å². The molecule has 8 aliphatic rings. The number of para-hydroxylation sites is 2. The van der Waals surface area contributed by atoms with E-state index in [2.05, 4.69) is 149 Å². The van der Waals surface area contributed by atoms with Gasteiger partial charge in [-0.3, -0.25) is 0 Å². The van der Waals surface area contributed by atoms with Gasteiger partial charge in [-0.2, -0.15) is 0 Å². The molecule has 1 aliphatic heterocycles. The Labute approximate surface area is 356 Å². The number of rotatable bonds is 3. The highest BCUT2D eigenvalue weighted by Crippen LogP contribution is 2.65. The molecule has 0 radical (unpaired) electrons. The normalized spacial score (nSPS) is 22.4. The van der Waals surface area contributed by atoms with Crippen LogP contribution in [0, 0.1) is 0 Å². The molecule has 4 heteroatoms. The third-order valence-corrected chi connectivity index (χ3v) is 15.2.